The van der Waals surface area contributed by atoms with Crippen LogP contribution >= 0.6 is 0 Å². The molecule has 142 valence electrons. The highest BCUT2D eigenvalue weighted by atomic mass is 16.5. The summed E-state index contributed by atoms with van der Waals surface area (Å²) in [5, 5.41) is 5.69. The number of carbonyl (C=O) groups is 2. The molecule has 0 radical (unpaired) electrons. The van der Waals surface area contributed by atoms with E-state index >= 15 is 0 Å². The van der Waals surface area contributed by atoms with E-state index in [1.54, 1.807) is 19.2 Å². The highest BCUT2D eigenvalue weighted by Crippen LogP contribution is 2.45. The van der Waals surface area contributed by atoms with Gasteiger partial charge in [0.15, 0.2) is 0 Å². The summed E-state index contributed by atoms with van der Waals surface area (Å²) < 4.78 is 5.35. The van der Waals surface area contributed by atoms with Crippen LogP contribution in [-0.2, 0) is 9.59 Å². The van der Waals surface area contributed by atoms with Crippen LogP contribution in [0.1, 0.15) is 43.2 Å². The minimum absolute atomic E-state index is 0.0136. The number of carbonyl (C=O) groups excluding carboxylic acids is 2. The van der Waals surface area contributed by atoms with Crippen LogP contribution in [0.3, 0.4) is 0 Å². The van der Waals surface area contributed by atoms with Gasteiger partial charge in [-0.25, -0.2) is 0 Å². The van der Waals surface area contributed by atoms with Gasteiger partial charge in [-0.2, -0.15) is 0 Å². The molecule has 2 N–H and O–H groups in total. The first-order valence-corrected chi connectivity index (χ1v) is 9.28. The quantitative estimate of drug-likeness (QED) is 0.759. The van der Waals surface area contributed by atoms with Gasteiger partial charge in [0.05, 0.1) is 7.11 Å². The zero-order valence-corrected chi connectivity index (χ0v) is 16.0. The average Bonchev–Trinajstić information content (AvgIpc) is 3.44. The monoisotopic (exact) mass is 366 g/mol. The maximum atomic E-state index is 12.6. The third-order valence-corrected chi connectivity index (χ3v) is 4.91. The summed E-state index contributed by atoms with van der Waals surface area (Å²) in [5.41, 5.74) is 3.64. The van der Waals surface area contributed by atoms with Crippen molar-refractivity contribution in [1.29, 1.82) is 0 Å². The van der Waals surface area contributed by atoms with E-state index in [-0.39, 0.29) is 17.7 Å². The smallest absolute Gasteiger partial charge is 0.224 e. The fourth-order valence-electron chi connectivity index (χ4n) is 3.48. The van der Waals surface area contributed by atoms with E-state index in [1.807, 2.05) is 25.1 Å². The lowest BCUT2D eigenvalue weighted by Gasteiger charge is -2.18. The predicted molar refractivity (Wildman–Crippen MR) is 107 cm³/mol. The van der Waals surface area contributed by atoms with Crippen LogP contribution in [-0.4, -0.2) is 18.9 Å². The zero-order chi connectivity index (χ0) is 19.4. The number of methoxy groups -OCH3 is 1. The molecular weight excluding hydrogens is 340 g/mol. The average molecular weight is 366 g/mol. The molecule has 5 heteroatoms. The Morgan fingerprint density at radius 1 is 1.11 bits per heavy atom. The molecule has 1 saturated carbocycles. The van der Waals surface area contributed by atoms with Crippen LogP contribution in [0, 0.1) is 12.8 Å². The largest absolute Gasteiger partial charge is 0.496 e. The summed E-state index contributed by atoms with van der Waals surface area (Å²) in [4.78, 5) is 23.8. The molecule has 1 aliphatic carbocycles. The van der Waals surface area contributed by atoms with Crippen molar-refractivity contribution in [2.45, 2.75) is 39.0 Å². The molecule has 0 aliphatic heterocycles. The van der Waals surface area contributed by atoms with Crippen LogP contribution in [0.4, 0.5) is 11.4 Å². The number of nitrogens with one attached hydrogen (secondary N) is 2. The summed E-state index contributed by atoms with van der Waals surface area (Å²) in [6.07, 6.45) is 2.78. The maximum absolute atomic E-state index is 12.6. The Morgan fingerprint density at radius 2 is 1.81 bits per heavy atom. The van der Waals surface area contributed by atoms with E-state index in [1.165, 1.54) is 25.3 Å². The van der Waals surface area contributed by atoms with Gasteiger partial charge < -0.3 is 15.4 Å². The van der Waals surface area contributed by atoms with Gasteiger partial charge in [-0.3, -0.25) is 9.59 Å². The second kappa shape index (κ2) is 8.25. The standard InChI is InChI=1S/C22H26N2O3/c1-14-11-17(9-10-21(14)27-3)20(16-7-8-16)13-22(26)24-19-6-4-5-18(12-19)23-15(2)25/h4-6,9-12,16,20H,7-8,13H2,1-3H3,(H,23,25)(H,24,26). The first kappa shape index (κ1) is 19.0. The van der Waals surface area contributed by atoms with Gasteiger partial charge in [-0.15, -0.1) is 0 Å². The van der Waals surface area contributed by atoms with Crippen molar-refractivity contribution in [2.75, 3.05) is 17.7 Å². The first-order valence-electron chi connectivity index (χ1n) is 9.28. The van der Waals surface area contributed by atoms with Crippen molar-refractivity contribution in [3.8, 4) is 5.75 Å². The fraction of sp³-hybridized carbons (Fsp3) is 0.364. The number of hydrogen-bond donors (Lipinski definition) is 2. The van der Waals surface area contributed by atoms with E-state index in [4.69, 9.17) is 4.74 Å². The molecule has 1 aliphatic rings. The summed E-state index contributed by atoms with van der Waals surface area (Å²) in [5.74, 6) is 1.50. The Labute approximate surface area is 160 Å². The minimum Gasteiger partial charge on any atom is -0.496 e. The molecule has 0 heterocycles. The van der Waals surface area contributed by atoms with Gasteiger partial charge in [0, 0.05) is 24.7 Å². The normalized spacial score (nSPS) is 14.3. The molecule has 1 unspecified atom stereocenters. The highest BCUT2D eigenvalue weighted by Gasteiger charge is 2.34. The summed E-state index contributed by atoms with van der Waals surface area (Å²) in [7, 11) is 1.67. The van der Waals surface area contributed by atoms with Gasteiger partial charge >= 0.3 is 0 Å². The second-order valence-electron chi connectivity index (χ2n) is 7.19. The minimum atomic E-state index is -0.137. The molecule has 0 bridgehead atoms. The number of amides is 2. The molecule has 1 fully saturated rings. The first-order chi connectivity index (χ1) is 13.0. The van der Waals surface area contributed by atoms with E-state index < -0.39 is 0 Å². The highest BCUT2D eigenvalue weighted by molar-refractivity contribution is 5.93. The molecule has 0 saturated heterocycles. The molecule has 3 rings (SSSR count). The fourth-order valence-corrected chi connectivity index (χ4v) is 3.48. The Balaban J connectivity index is 1.69. The van der Waals surface area contributed by atoms with Crippen molar-refractivity contribution in [1.82, 2.24) is 0 Å². The van der Waals surface area contributed by atoms with Gasteiger partial charge in [0.1, 0.15) is 5.75 Å². The van der Waals surface area contributed by atoms with Gasteiger partial charge in [-0.05, 0) is 67.0 Å². The van der Waals surface area contributed by atoms with Crippen molar-refractivity contribution in [2.24, 2.45) is 5.92 Å². The molecule has 2 aromatic carbocycles. The number of hydrogen-bond acceptors (Lipinski definition) is 3. The number of benzene rings is 2. The third-order valence-electron chi connectivity index (χ3n) is 4.91. The molecule has 5 nitrogen and oxygen atoms in total. The van der Waals surface area contributed by atoms with E-state index in [0.717, 1.165) is 11.3 Å². The predicted octanol–water partition coefficient (Wildman–Crippen LogP) is 4.48. The molecule has 1 atom stereocenters. The third kappa shape index (κ3) is 5.09. The van der Waals surface area contributed by atoms with Gasteiger partial charge in [-0.1, -0.05) is 18.2 Å². The van der Waals surface area contributed by atoms with Gasteiger partial charge in [0.2, 0.25) is 11.8 Å². The topological polar surface area (TPSA) is 67.4 Å². The number of ether oxygens (including phenoxy) is 1. The van der Waals surface area contributed by atoms with Crippen LogP contribution in [0.25, 0.3) is 0 Å². The lowest BCUT2D eigenvalue weighted by atomic mass is 9.89. The molecule has 2 amide bonds. The number of anilines is 2. The van der Waals surface area contributed by atoms with Crippen LogP contribution in [0.15, 0.2) is 42.5 Å². The molecule has 27 heavy (non-hydrogen) atoms. The Bertz CT molecular complexity index is 843. The number of aryl methyl sites for hydroxylation is 1. The van der Waals surface area contributed by atoms with Crippen molar-refractivity contribution < 1.29 is 14.3 Å². The molecule has 2 aromatic rings. The molecular formula is C22H26N2O3. The maximum Gasteiger partial charge on any atom is 0.224 e. The Kier molecular flexibility index (Phi) is 5.79. The van der Waals surface area contributed by atoms with E-state index in [2.05, 4.69) is 22.8 Å². The van der Waals surface area contributed by atoms with Crippen molar-refractivity contribution >= 4 is 23.2 Å². The van der Waals surface area contributed by atoms with E-state index in [0.29, 0.717) is 23.7 Å². The Hall–Kier alpha value is -2.82. The molecule has 0 spiro atoms. The van der Waals surface area contributed by atoms with Crippen LogP contribution in [0.5, 0.6) is 5.75 Å². The zero-order valence-electron chi connectivity index (χ0n) is 16.0. The second-order valence-corrected chi connectivity index (χ2v) is 7.19. The van der Waals surface area contributed by atoms with Crippen molar-refractivity contribution in [3.05, 3.63) is 53.6 Å². The summed E-state index contributed by atoms with van der Waals surface area (Å²) in [6.45, 7) is 3.49. The van der Waals surface area contributed by atoms with Crippen molar-refractivity contribution in [3.63, 3.8) is 0 Å². The van der Waals surface area contributed by atoms with E-state index in [9.17, 15) is 9.59 Å². The Morgan fingerprint density at radius 3 is 2.41 bits per heavy atom. The SMILES string of the molecule is COc1ccc(C(CC(=O)Nc2cccc(NC(C)=O)c2)C2CC2)cc1C. The van der Waals surface area contributed by atoms with Gasteiger partial charge in [0.25, 0.3) is 0 Å². The van der Waals surface area contributed by atoms with Crippen LogP contribution in [0.2, 0.25) is 0 Å². The lowest BCUT2D eigenvalue weighted by Crippen LogP contribution is -2.17. The summed E-state index contributed by atoms with van der Waals surface area (Å²) >= 11 is 0. The number of rotatable bonds is 7. The lowest BCUT2D eigenvalue weighted by molar-refractivity contribution is -0.116. The molecule has 0 aromatic heterocycles. The summed E-state index contributed by atoms with van der Waals surface area (Å²) in [6, 6.07) is 13.4. The van der Waals surface area contributed by atoms with Crippen LogP contribution < -0.4 is 15.4 Å².